The highest BCUT2D eigenvalue weighted by Crippen LogP contribution is 2.41. The van der Waals surface area contributed by atoms with Crippen LogP contribution in [-0.4, -0.2) is 27.5 Å². The third kappa shape index (κ3) is 3.52. The Balaban J connectivity index is 1.34. The number of rotatable bonds is 5. The molecule has 2 aliphatic rings. The topological polar surface area (TPSA) is 98.0 Å². The van der Waals surface area contributed by atoms with Crippen molar-refractivity contribution >= 4 is 61.5 Å². The van der Waals surface area contributed by atoms with Crippen LogP contribution >= 0.6 is 34.4 Å². The van der Waals surface area contributed by atoms with Gasteiger partial charge in [0.05, 0.1) is 11.3 Å². The average molecular weight is 459 g/mol. The van der Waals surface area contributed by atoms with E-state index in [1.165, 1.54) is 44.8 Å². The highest BCUT2D eigenvalue weighted by atomic mass is 32.2. The second kappa shape index (κ2) is 7.94. The van der Waals surface area contributed by atoms with Crippen LogP contribution in [0.15, 0.2) is 11.4 Å². The van der Waals surface area contributed by atoms with Gasteiger partial charge in [0.2, 0.25) is 5.91 Å². The van der Waals surface area contributed by atoms with E-state index in [1.54, 1.807) is 17.7 Å². The van der Waals surface area contributed by atoms with Crippen LogP contribution in [0, 0.1) is 5.92 Å². The molecule has 0 bridgehead atoms. The molecule has 0 saturated heterocycles. The highest BCUT2D eigenvalue weighted by Gasteiger charge is 2.27. The highest BCUT2D eigenvalue weighted by molar-refractivity contribution is 8.00. The van der Waals surface area contributed by atoms with Crippen molar-refractivity contribution in [3.63, 3.8) is 0 Å². The summed E-state index contributed by atoms with van der Waals surface area (Å²) in [6.07, 6.45) is 7.76. The summed E-state index contributed by atoms with van der Waals surface area (Å²) in [6.45, 7) is 2.29. The van der Waals surface area contributed by atoms with Gasteiger partial charge in [-0.05, 0) is 55.6 Å². The number of nitrogens with zero attached hydrogens (tertiary/aromatic N) is 2. The Hall–Kier alpha value is -1.97. The number of fused-ring (bicyclic) bond motifs is 4. The average Bonchev–Trinajstić information content (AvgIpc) is 3.37. The molecule has 1 atom stereocenters. The molecule has 3 aromatic heterocycles. The largest absolute Gasteiger partial charge is 0.365 e. The molecule has 6 nitrogen and oxygen atoms in total. The number of thiophene rings is 2. The van der Waals surface area contributed by atoms with Crippen LogP contribution in [0.4, 0.5) is 5.00 Å². The van der Waals surface area contributed by atoms with Crippen molar-refractivity contribution in [2.24, 2.45) is 11.7 Å². The van der Waals surface area contributed by atoms with E-state index in [9.17, 15) is 9.59 Å². The molecule has 3 heterocycles. The van der Waals surface area contributed by atoms with Gasteiger partial charge in [-0.15, -0.1) is 22.7 Å². The van der Waals surface area contributed by atoms with Crippen molar-refractivity contribution in [1.29, 1.82) is 0 Å². The Morgan fingerprint density at radius 2 is 2.07 bits per heavy atom. The summed E-state index contributed by atoms with van der Waals surface area (Å²) in [5, 5.41) is 5.50. The third-order valence-corrected chi connectivity index (χ3v) is 9.18. The fourth-order valence-electron chi connectivity index (χ4n) is 4.41. The van der Waals surface area contributed by atoms with E-state index in [0.29, 0.717) is 16.5 Å². The zero-order valence-corrected chi connectivity index (χ0v) is 19.1. The number of anilines is 1. The lowest BCUT2D eigenvalue weighted by Gasteiger charge is -2.18. The van der Waals surface area contributed by atoms with Crippen molar-refractivity contribution in [2.75, 3.05) is 11.1 Å². The smallest absolute Gasteiger partial charge is 0.251 e. The van der Waals surface area contributed by atoms with E-state index in [4.69, 9.17) is 5.73 Å². The Labute approximate surface area is 186 Å². The van der Waals surface area contributed by atoms with Crippen LogP contribution < -0.4 is 11.1 Å². The first kappa shape index (κ1) is 20.0. The summed E-state index contributed by atoms with van der Waals surface area (Å²) in [6, 6.07) is 0. The second-order valence-corrected chi connectivity index (χ2v) is 11.1. The number of nitrogens with one attached hydrogen (secondary N) is 1. The van der Waals surface area contributed by atoms with Crippen molar-refractivity contribution in [1.82, 2.24) is 9.97 Å². The minimum absolute atomic E-state index is 0.146. The summed E-state index contributed by atoms with van der Waals surface area (Å²) >= 11 is 4.67. The van der Waals surface area contributed by atoms with Crippen molar-refractivity contribution < 1.29 is 9.59 Å². The molecule has 3 N–H and O–H groups in total. The van der Waals surface area contributed by atoms with E-state index in [1.807, 2.05) is 0 Å². The van der Waals surface area contributed by atoms with Gasteiger partial charge < -0.3 is 11.1 Å². The van der Waals surface area contributed by atoms with E-state index in [2.05, 4.69) is 22.2 Å². The molecule has 0 unspecified atom stereocenters. The molecule has 0 radical (unpaired) electrons. The third-order valence-electron chi connectivity index (χ3n) is 5.82. The normalized spacial score (nSPS) is 17.7. The van der Waals surface area contributed by atoms with Gasteiger partial charge in [-0.1, -0.05) is 18.7 Å². The molecular formula is C21H22N4O2S3. The summed E-state index contributed by atoms with van der Waals surface area (Å²) < 4.78 is 0. The van der Waals surface area contributed by atoms with Crippen LogP contribution in [0.25, 0.3) is 10.2 Å². The van der Waals surface area contributed by atoms with Gasteiger partial charge in [0.25, 0.3) is 5.91 Å². The first-order valence-corrected chi connectivity index (χ1v) is 12.8. The maximum absolute atomic E-state index is 12.7. The maximum atomic E-state index is 12.7. The zero-order valence-electron chi connectivity index (χ0n) is 16.6. The number of aryl methyl sites for hydroxylation is 2. The lowest BCUT2D eigenvalue weighted by Crippen LogP contribution is -2.19. The maximum Gasteiger partial charge on any atom is 0.251 e. The van der Waals surface area contributed by atoms with Gasteiger partial charge in [-0.3, -0.25) is 9.59 Å². The van der Waals surface area contributed by atoms with Gasteiger partial charge in [0.1, 0.15) is 21.2 Å². The first-order valence-electron chi connectivity index (χ1n) is 10.1. The van der Waals surface area contributed by atoms with Gasteiger partial charge in [-0.2, -0.15) is 0 Å². The minimum Gasteiger partial charge on any atom is -0.365 e. The molecular weight excluding hydrogens is 436 g/mol. The molecule has 2 aliphatic carbocycles. The number of primary amides is 1. The summed E-state index contributed by atoms with van der Waals surface area (Å²) in [5.41, 5.74) is 8.47. The Bertz CT molecular complexity index is 1170. The molecule has 5 rings (SSSR count). The minimum atomic E-state index is -0.464. The predicted molar refractivity (Wildman–Crippen MR) is 123 cm³/mol. The molecule has 0 saturated carbocycles. The molecule has 9 heteroatoms. The Morgan fingerprint density at radius 3 is 2.90 bits per heavy atom. The fourth-order valence-corrected chi connectivity index (χ4v) is 7.96. The predicted octanol–water partition coefficient (Wildman–Crippen LogP) is 4.20. The molecule has 30 heavy (non-hydrogen) atoms. The molecule has 0 aromatic carbocycles. The van der Waals surface area contributed by atoms with Crippen molar-refractivity contribution in [3.8, 4) is 0 Å². The molecule has 0 aliphatic heterocycles. The molecule has 0 spiro atoms. The van der Waals surface area contributed by atoms with Crippen LogP contribution in [-0.2, 0) is 30.5 Å². The van der Waals surface area contributed by atoms with Crippen LogP contribution in [0.2, 0.25) is 0 Å². The number of aromatic nitrogens is 2. The summed E-state index contributed by atoms with van der Waals surface area (Å²) in [7, 11) is 0. The summed E-state index contributed by atoms with van der Waals surface area (Å²) in [4.78, 5) is 37.2. The lowest BCUT2D eigenvalue weighted by atomic mass is 9.89. The van der Waals surface area contributed by atoms with Gasteiger partial charge in [0, 0.05) is 15.1 Å². The Kier molecular flexibility index (Phi) is 5.28. The van der Waals surface area contributed by atoms with Crippen molar-refractivity contribution in [3.05, 3.63) is 32.8 Å². The first-order chi connectivity index (χ1) is 14.5. The summed E-state index contributed by atoms with van der Waals surface area (Å²) in [5.74, 6) is 0.321. The Morgan fingerprint density at radius 1 is 1.20 bits per heavy atom. The quantitative estimate of drug-likeness (QED) is 0.441. The second-order valence-electron chi connectivity index (χ2n) is 7.97. The number of thioether (sulfide) groups is 1. The van der Waals surface area contributed by atoms with Gasteiger partial charge in [-0.25, -0.2) is 9.97 Å². The molecule has 2 amide bonds. The fraction of sp³-hybridized carbons (Fsp3) is 0.429. The van der Waals surface area contributed by atoms with Crippen LogP contribution in [0.1, 0.15) is 51.0 Å². The number of hydrogen-bond acceptors (Lipinski definition) is 7. The van der Waals surface area contributed by atoms with Gasteiger partial charge in [0.15, 0.2) is 0 Å². The van der Waals surface area contributed by atoms with Crippen molar-refractivity contribution in [2.45, 2.75) is 50.5 Å². The van der Waals surface area contributed by atoms with Crippen LogP contribution in [0.3, 0.4) is 0 Å². The SMILES string of the molecule is C[C@H]1CCc2c(sc3ncnc(SCC(=O)Nc4sc5c(c4C(N)=O)CCC5)c23)C1. The monoisotopic (exact) mass is 458 g/mol. The van der Waals surface area contributed by atoms with Crippen LogP contribution in [0.5, 0.6) is 0 Å². The molecule has 0 fully saturated rings. The van der Waals surface area contributed by atoms with E-state index < -0.39 is 5.91 Å². The number of carbonyl (C=O) groups excluding carboxylic acids is 2. The number of nitrogens with two attached hydrogens (primary N) is 1. The van der Waals surface area contributed by atoms with E-state index in [-0.39, 0.29) is 11.7 Å². The zero-order chi connectivity index (χ0) is 20.8. The van der Waals surface area contributed by atoms with E-state index >= 15 is 0 Å². The lowest BCUT2D eigenvalue weighted by molar-refractivity contribution is -0.113. The number of amides is 2. The number of hydrogen-bond donors (Lipinski definition) is 2. The number of carbonyl (C=O) groups is 2. The molecule has 156 valence electrons. The van der Waals surface area contributed by atoms with Gasteiger partial charge >= 0.3 is 0 Å². The standard InChI is InChI=1S/C21H22N4O2S3/c1-10-5-6-12-14(7-10)30-20-17(12)19(23-9-24-20)28-8-15(26)25-21-16(18(22)27)11-3-2-4-13(11)29-21/h9-10H,2-8H2,1H3,(H2,22,27)(H,25,26)/t10-/m0/s1. The van der Waals surface area contributed by atoms with E-state index in [0.717, 1.165) is 52.9 Å². The molecule has 3 aromatic rings.